The summed E-state index contributed by atoms with van der Waals surface area (Å²) < 4.78 is 5.00. The highest BCUT2D eigenvalue weighted by atomic mass is 32.1. The maximum absolute atomic E-state index is 5.00. The zero-order valence-electron chi connectivity index (χ0n) is 13.7. The first-order valence-corrected chi connectivity index (χ1v) is 9.19. The van der Waals surface area contributed by atoms with Crippen LogP contribution < -0.4 is 5.32 Å². The van der Waals surface area contributed by atoms with Crippen molar-refractivity contribution in [2.24, 2.45) is 0 Å². The number of nitrogens with one attached hydrogen (secondary N) is 1. The van der Waals surface area contributed by atoms with Crippen molar-refractivity contribution in [3.05, 3.63) is 10.0 Å². The highest BCUT2D eigenvalue weighted by Gasteiger charge is 2.03. The van der Waals surface area contributed by atoms with E-state index in [4.69, 9.17) is 4.74 Å². The highest BCUT2D eigenvalue weighted by Crippen LogP contribution is 2.14. The molecule has 0 saturated heterocycles. The summed E-state index contributed by atoms with van der Waals surface area (Å²) in [5.74, 6) is 0. The van der Waals surface area contributed by atoms with Gasteiger partial charge in [0.05, 0.1) is 6.61 Å². The van der Waals surface area contributed by atoms with Crippen LogP contribution >= 0.6 is 11.3 Å². The molecule has 0 aliphatic carbocycles. The summed E-state index contributed by atoms with van der Waals surface area (Å²) in [4.78, 5) is 0. The van der Waals surface area contributed by atoms with Crippen LogP contribution in [-0.2, 0) is 17.6 Å². The molecule has 0 saturated carbocycles. The number of hydrogen-bond acceptors (Lipinski definition) is 5. The normalized spacial score (nSPS) is 11.1. The minimum absolute atomic E-state index is 0.764. The molecule has 1 rings (SSSR count). The molecule has 4 nitrogen and oxygen atoms in total. The number of aromatic nitrogens is 2. The Morgan fingerprint density at radius 1 is 0.905 bits per heavy atom. The zero-order chi connectivity index (χ0) is 15.2. The second-order valence-electron chi connectivity index (χ2n) is 5.45. The molecule has 0 radical (unpaired) electrons. The van der Waals surface area contributed by atoms with E-state index in [0.29, 0.717) is 0 Å². The number of aryl methyl sites for hydroxylation is 1. The minimum atomic E-state index is 0.764. The quantitative estimate of drug-likeness (QED) is 0.533. The van der Waals surface area contributed by atoms with Crippen molar-refractivity contribution >= 4 is 11.3 Å². The molecule has 1 aromatic rings. The van der Waals surface area contributed by atoms with Gasteiger partial charge in [-0.1, -0.05) is 45.4 Å². The Kier molecular flexibility index (Phi) is 11.6. The van der Waals surface area contributed by atoms with E-state index in [9.17, 15) is 0 Å². The smallest absolute Gasteiger partial charge is 0.118 e. The van der Waals surface area contributed by atoms with Gasteiger partial charge in [0, 0.05) is 33.0 Å². The Balaban J connectivity index is 2.01. The summed E-state index contributed by atoms with van der Waals surface area (Å²) in [5.41, 5.74) is 0. The fourth-order valence-electron chi connectivity index (χ4n) is 2.22. The summed E-state index contributed by atoms with van der Waals surface area (Å²) in [6.45, 7) is 4.88. The third-order valence-corrected chi connectivity index (χ3v) is 4.54. The minimum Gasteiger partial charge on any atom is -0.383 e. The average Bonchev–Trinajstić information content (AvgIpc) is 2.94. The lowest BCUT2D eigenvalue weighted by Gasteiger charge is -2.01. The molecule has 1 aromatic heterocycles. The van der Waals surface area contributed by atoms with Gasteiger partial charge in [-0.3, -0.25) is 0 Å². The van der Waals surface area contributed by atoms with E-state index in [1.54, 1.807) is 18.4 Å². The van der Waals surface area contributed by atoms with E-state index in [1.807, 2.05) is 0 Å². The molecular formula is C16H31N3OS. The molecule has 21 heavy (non-hydrogen) atoms. The van der Waals surface area contributed by atoms with Crippen LogP contribution in [0.2, 0.25) is 0 Å². The summed E-state index contributed by atoms with van der Waals surface area (Å²) in [7, 11) is 1.72. The Morgan fingerprint density at radius 2 is 1.57 bits per heavy atom. The van der Waals surface area contributed by atoms with E-state index in [0.717, 1.165) is 37.5 Å². The molecule has 0 fully saturated rings. The van der Waals surface area contributed by atoms with Crippen LogP contribution in [0.3, 0.4) is 0 Å². The van der Waals surface area contributed by atoms with Crippen molar-refractivity contribution in [3.63, 3.8) is 0 Å². The Morgan fingerprint density at radius 3 is 2.29 bits per heavy atom. The van der Waals surface area contributed by atoms with Gasteiger partial charge < -0.3 is 10.1 Å². The number of nitrogens with zero attached hydrogens (tertiary/aromatic N) is 2. The van der Waals surface area contributed by atoms with E-state index >= 15 is 0 Å². The second kappa shape index (κ2) is 13.2. The maximum atomic E-state index is 5.00. The van der Waals surface area contributed by atoms with Crippen LogP contribution in [0.1, 0.15) is 61.9 Å². The van der Waals surface area contributed by atoms with Gasteiger partial charge in [-0.15, -0.1) is 21.5 Å². The van der Waals surface area contributed by atoms with Crippen molar-refractivity contribution in [2.45, 2.75) is 64.7 Å². The predicted molar refractivity (Wildman–Crippen MR) is 90.1 cm³/mol. The summed E-state index contributed by atoms with van der Waals surface area (Å²) in [6.07, 6.45) is 11.5. The molecule has 5 heteroatoms. The summed E-state index contributed by atoms with van der Waals surface area (Å²) >= 11 is 1.78. The van der Waals surface area contributed by atoms with Gasteiger partial charge in [0.1, 0.15) is 10.0 Å². The molecule has 122 valence electrons. The Labute approximate surface area is 133 Å². The van der Waals surface area contributed by atoms with Crippen molar-refractivity contribution < 1.29 is 4.74 Å². The molecule has 1 heterocycles. The summed E-state index contributed by atoms with van der Waals surface area (Å²) in [5, 5.41) is 14.3. The second-order valence-corrected chi connectivity index (χ2v) is 6.60. The lowest BCUT2D eigenvalue weighted by atomic mass is 10.1. The first-order valence-electron chi connectivity index (χ1n) is 8.37. The molecule has 0 aliphatic heterocycles. The monoisotopic (exact) mass is 313 g/mol. The standard InChI is InChI=1S/C16H31N3OS/c1-3-4-5-6-7-8-9-10-15-18-19-16(21-15)11-12-17-13-14-20-2/h17H,3-14H2,1-2H3. The zero-order valence-corrected chi connectivity index (χ0v) is 14.5. The molecule has 0 unspecified atom stereocenters. The SMILES string of the molecule is CCCCCCCCCc1nnc(CCNCCOC)s1. The number of unbranched alkanes of at least 4 members (excludes halogenated alkanes) is 6. The Hall–Kier alpha value is -0.520. The van der Waals surface area contributed by atoms with Gasteiger partial charge in [0.15, 0.2) is 0 Å². The highest BCUT2D eigenvalue weighted by molar-refractivity contribution is 7.11. The topological polar surface area (TPSA) is 47.0 Å². The first kappa shape index (κ1) is 18.5. The molecular weight excluding hydrogens is 282 g/mol. The first-order chi connectivity index (χ1) is 10.4. The number of rotatable bonds is 14. The van der Waals surface area contributed by atoms with Gasteiger partial charge in [0.25, 0.3) is 0 Å². The number of hydrogen-bond donors (Lipinski definition) is 1. The van der Waals surface area contributed by atoms with Gasteiger partial charge in [-0.05, 0) is 6.42 Å². The van der Waals surface area contributed by atoms with Gasteiger partial charge in [-0.2, -0.15) is 0 Å². The van der Waals surface area contributed by atoms with Crippen LogP contribution in [0.15, 0.2) is 0 Å². The van der Waals surface area contributed by atoms with Crippen molar-refractivity contribution in [1.82, 2.24) is 15.5 Å². The van der Waals surface area contributed by atoms with E-state index in [2.05, 4.69) is 22.4 Å². The lowest BCUT2D eigenvalue weighted by Crippen LogP contribution is -2.21. The van der Waals surface area contributed by atoms with Gasteiger partial charge in [-0.25, -0.2) is 0 Å². The van der Waals surface area contributed by atoms with E-state index < -0.39 is 0 Å². The van der Waals surface area contributed by atoms with E-state index in [-0.39, 0.29) is 0 Å². The lowest BCUT2D eigenvalue weighted by molar-refractivity contribution is 0.199. The van der Waals surface area contributed by atoms with Crippen LogP contribution in [0.25, 0.3) is 0 Å². The molecule has 0 aliphatic rings. The average molecular weight is 314 g/mol. The van der Waals surface area contributed by atoms with Crippen LogP contribution in [0.5, 0.6) is 0 Å². The van der Waals surface area contributed by atoms with Crippen molar-refractivity contribution in [2.75, 3.05) is 26.8 Å². The van der Waals surface area contributed by atoms with Gasteiger partial charge in [0.2, 0.25) is 0 Å². The third-order valence-electron chi connectivity index (χ3n) is 3.50. The largest absolute Gasteiger partial charge is 0.383 e. The fourth-order valence-corrected chi connectivity index (χ4v) is 3.10. The van der Waals surface area contributed by atoms with Crippen LogP contribution in [0, 0.1) is 0 Å². The van der Waals surface area contributed by atoms with Gasteiger partial charge >= 0.3 is 0 Å². The molecule has 0 bridgehead atoms. The Bertz CT molecular complexity index is 344. The molecule has 0 amide bonds. The summed E-state index contributed by atoms with van der Waals surface area (Å²) in [6, 6.07) is 0. The number of ether oxygens (including phenoxy) is 1. The van der Waals surface area contributed by atoms with Crippen LogP contribution in [0.4, 0.5) is 0 Å². The number of methoxy groups -OCH3 is 1. The molecule has 0 atom stereocenters. The van der Waals surface area contributed by atoms with Crippen molar-refractivity contribution in [3.8, 4) is 0 Å². The van der Waals surface area contributed by atoms with Crippen molar-refractivity contribution in [1.29, 1.82) is 0 Å². The van der Waals surface area contributed by atoms with E-state index in [1.165, 1.54) is 50.0 Å². The maximum Gasteiger partial charge on any atom is 0.118 e. The third kappa shape index (κ3) is 9.93. The predicted octanol–water partition coefficient (Wildman–Crippen LogP) is 3.61. The fraction of sp³-hybridized carbons (Fsp3) is 0.875. The molecule has 1 N–H and O–H groups in total. The molecule has 0 spiro atoms. The molecule has 0 aromatic carbocycles. The van der Waals surface area contributed by atoms with Crippen LogP contribution in [-0.4, -0.2) is 37.0 Å².